The number of aliphatic hydroxyl groups is 1. The molecule has 3 atom stereocenters. The number of amides is 2. The number of rotatable bonds is 5. The van der Waals surface area contributed by atoms with E-state index in [1.54, 1.807) is 25.1 Å². The second kappa shape index (κ2) is 8.52. The van der Waals surface area contributed by atoms with Gasteiger partial charge in [0.15, 0.2) is 0 Å². The van der Waals surface area contributed by atoms with E-state index in [2.05, 4.69) is 6.07 Å². The summed E-state index contributed by atoms with van der Waals surface area (Å²) < 4.78 is 0. The van der Waals surface area contributed by atoms with Gasteiger partial charge < -0.3 is 14.9 Å². The minimum atomic E-state index is -0.599. The van der Waals surface area contributed by atoms with E-state index in [4.69, 9.17) is 0 Å². The van der Waals surface area contributed by atoms with E-state index in [1.165, 1.54) is 4.90 Å². The van der Waals surface area contributed by atoms with E-state index >= 15 is 0 Å². The van der Waals surface area contributed by atoms with Crippen molar-refractivity contribution in [1.29, 1.82) is 5.26 Å². The second-order valence-corrected chi connectivity index (χ2v) is 8.59. The van der Waals surface area contributed by atoms with Gasteiger partial charge in [0.2, 0.25) is 5.91 Å². The number of nitrogens with zero attached hydrogens (tertiary/aromatic N) is 3. The molecule has 0 radical (unpaired) electrons. The van der Waals surface area contributed by atoms with Gasteiger partial charge in [-0.15, -0.1) is 0 Å². The number of carbonyl (C=O) groups excluding carboxylic acids is 2. The molecule has 0 bridgehead atoms. The molecule has 2 aromatic rings. The van der Waals surface area contributed by atoms with Crippen molar-refractivity contribution in [2.24, 2.45) is 5.92 Å². The second-order valence-electron chi connectivity index (χ2n) is 8.59. The Bertz CT molecular complexity index is 1040. The van der Waals surface area contributed by atoms with Gasteiger partial charge in [0.05, 0.1) is 18.7 Å². The third-order valence-corrected chi connectivity index (χ3v) is 6.59. The van der Waals surface area contributed by atoms with Crippen LogP contribution in [0.4, 0.5) is 0 Å². The molecule has 1 saturated carbocycles. The highest BCUT2D eigenvalue weighted by Gasteiger charge is 2.53. The summed E-state index contributed by atoms with van der Waals surface area (Å²) in [6, 6.07) is 16.5. The molecule has 2 amide bonds. The van der Waals surface area contributed by atoms with Crippen molar-refractivity contribution in [3.63, 3.8) is 0 Å². The van der Waals surface area contributed by atoms with Crippen molar-refractivity contribution in [3.05, 3.63) is 59.7 Å². The van der Waals surface area contributed by atoms with Crippen LogP contribution in [0, 0.1) is 17.2 Å². The number of benzene rings is 2. The van der Waals surface area contributed by atoms with Crippen molar-refractivity contribution in [3.8, 4) is 17.2 Å². The first-order valence-corrected chi connectivity index (χ1v) is 10.7. The highest BCUT2D eigenvalue weighted by Crippen LogP contribution is 2.46. The molecular formula is C25H27N3O3. The topological polar surface area (TPSA) is 84.6 Å². The van der Waals surface area contributed by atoms with Crippen LogP contribution < -0.4 is 0 Å². The monoisotopic (exact) mass is 417 g/mol. The minimum absolute atomic E-state index is 0.0100. The minimum Gasteiger partial charge on any atom is -0.394 e. The highest BCUT2D eigenvalue weighted by atomic mass is 16.3. The molecule has 4 rings (SSSR count). The Kier molecular flexibility index (Phi) is 5.79. The zero-order chi connectivity index (χ0) is 22.1. The molecule has 1 N–H and O–H groups in total. The molecule has 2 aliphatic rings. The standard InChI is InChI=1S/C25H27N3O3/c1-27(2)24(30)18-10-6-9-17(13-18)19-11-3-4-12-20(19)23-21(14-26)28(22(23)15-29)25(31)16-7-5-8-16/h3-4,6,9-13,16,21-23,29H,5,7-8,15H2,1-2H3/t21-,22-,23-/m0/s1. The molecule has 6 heteroatoms. The largest absolute Gasteiger partial charge is 0.394 e. The fourth-order valence-electron chi connectivity index (χ4n) is 4.68. The third kappa shape index (κ3) is 3.60. The van der Waals surface area contributed by atoms with Crippen LogP contribution in [-0.2, 0) is 4.79 Å². The lowest BCUT2D eigenvalue weighted by molar-refractivity contribution is -0.154. The Morgan fingerprint density at radius 2 is 1.90 bits per heavy atom. The van der Waals surface area contributed by atoms with E-state index in [1.807, 2.05) is 42.5 Å². The number of aliphatic hydroxyl groups excluding tert-OH is 1. The summed E-state index contributed by atoms with van der Waals surface area (Å²) in [5.74, 6) is -0.384. The number of likely N-dealkylation sites (tertiary alicyclic amines) is 1. The first kappa shape index (κ1) is 21.1. The maximum Gasteiger partial charge on any atom is 0.253 e. The lowest BCUT2D eigenvalue weighted by Crippen LogP contribution is -2.66. The third-order valence-electron chi connectivity index (χ3n) is 6.59. The van der Waals surface area contributed by atoms with Crippen molar-refractivity contribution in [2.75, 3.05) is 20.7 Å². The molecule has 1 heterocycles. The molecule has 6 nitrogen and oxygen atoms in total. The van der Waals surface area contributed by atoms with Crippen molar-refractivity contribution >= 4 is 11.8 Å². The van der Waals surface area contributed by atoms with Crippen LogP contribution in [0.3, 0.4) is 0 Å². The Balaban J connectivity index is 1.70. The van der Waals surface area contributed by atoms with Gasteiger partial charge in [0.1, 0.15) is 6.04 Å². The van der Waals surface area contributed by atoms with Crippen LogP contribution in [0.2, 0.25) is 0 Å². The lowest BCUT2D eigenvalue weighted by atomic mass is 9.71. The summed E-state index contributed by atoms with van der Waals surface area (Å²) in [7, 11) is 3.43. The van der Waals surface area contributed by atoms with Crippen molar-refractivity contribution in [1.82, 2.24) is 9.80 Å². The molecule has 2 fully saturated rings. The van der Waals surface area contributed by atoms with Gasteiger partial charge in [0, 0.05) is 31.5 Å². The normalized spacial score (nSPS) is 22.8. The lowest BCUT2D eigenvalue weighted by Gasteiger charge is -2.53. The highest BCUT2D eigenvalue weighted by molar-refractivity contribution is 5.95. The number of carbonyl (C=O) groups is 2. The summed E-state index contributed by atoms with van der Waals surface area (Å²) in [5.41, 5.74) is 3.29. The summed E-state index contributed by atoms with van der Waals surface area (Å²) in [5, 5.41) is 20.0. The molecule has 1 aliphatic carbocycles. The smallest absolute Gasteiger partial charge is 0.253 e. The van der Waals surface area contributed by atoms with Crippen LogP contribution in [0.5, 0.6) is 0 Å². The maximum absolute atomic E-state index is 12.9. The fraction of sp³-hybridized carbons (Fsp3) is 0.400. The van der Waals surface area contributed by atoms with Crippen molar-refractivity contribution < 1.29 is 14.7 Å². The Morgan fingerprint density at radius 1 is 1.16 bits per heavy atom. The van der Waals surface area contributed by atoms with Crippen LogP contribution in [0.1, 0.15) is 41.1 Å². The van der Waals surface area contributed by atoms with Gasteiger partial charge in [-0.2, -0.15) is 5.26 Å². The summed E-state index contributed by atoms with van der Waals surface area (Å²) in [6.07, 6.45) is 2.76. The van der Waals surface area contributed by atoms with E-state index in [9.17, 15) is 20.0 Å². The Labute approximate surface area is 182 Å². The van der Waals surface area contributed by atoms with E-state index < -0.39 is 12.1 Å². The average Bonchev–Trinajstić information content (AvgIpc) is 2.72. The average molecular weight is 418 g/mol. The van der Waals surface area contributed by atoms with Gasteiger partial charge in [0.25, 0.3) is 5.91 Å². The summed E-state index contributed by atoms with van der Waals surface area (Å²) in [6.45, 7) is -0.186. The van der Waals surface area contributed by atoms with Crippen molar-refractivity contribution in [2.45, 2.75) is 37.3 Å². The van der Waals surface area contributed by atoms with Gasteiger partial charge in [-0.05, 0) is 41.7 Å². The molecule has 0 unspecified atom stereocenters. The summed E-state index contributed by atoms with van der Waals surface area (Å²) >= 11 is 0. The van der Waals surface area contributed by atoms with Gasteiger partial charge in [-0.1, -0.05) is 42.8 Å². The summed E-state index contributed by atoms with van der Waals surface area (Å²) in [4.78, 5) is 28.4. The molecular weight excluding hydrogens is 390 g/mol. The molecule has 31 heavy (non-hydrogen) atoms. The zero-order valence-electron chi connectivity index (χ0n) is 17.9. The number of hydrogen-bond donors (Lipinski definition) is 1. The van der Waals surface area contributed by atoms with Crippen LogP contribution in [0.25, 0.3) is 11.1 Å². The quantitative estimate of drug-likeness (QED) is 0.810. The number of hydrogen-bond acceptors (Lipinski definition) is 4. The van der Waals surface area contributed by atoms with E-state index in [0.717, 1.165) is 36.0 Å². The maximum atomic E-state index is 12.9. The zero-order valence-corrected chi connectivity index (χ0v) is 17.9. The van der Waals surface area contributed by atoms with Gasteiger partial charge in [-0.25, -0.2) is 0 Å². The van der Waals surface area contributed by atoms with Gasteiger partial charge >= 0.3 is 0 Å². The van der Waals surface area contributed by atoms with Crippen LogP contribution in [-0.4, -0.2) is 59.5 Å². The van der Waals surface area contributed by atoms with Crippen LogP contribution in [0.15, 0.2) is 48.5 Å². The molecule has 2 aromatic carbocycles. The van der Waals surface area contributed by atoms with Gasteiger partial charge in [-0.3, -0.25) is 9.59 Å². The predicted molar refractivity (Wildman–Crippen MR) is 117 cm³/mol. The molecule has 160 valence electrons. The number of nitriles is 1. The molecule has 0 spiro atoms. The molecule has 1 aliphatic heterocycles. The first-order chi connectivity index (χ1) is 15.0. The first-order valence-electron chi connectivity index (χ1n) is 10.7. The predicted octanol–water partition coefficient (Wildman–Crippen LogP) is 3.03. The SMILES string of the molecule is CN(C)C(=O)c1cccc(-c2ccccc2[C@H]2[C@H](C#N)N(C(=O)C3CCC3)[C@H]2CO)c1. The van der Waals surface area contributed by atoms with E-state index in [-0.39, 0.29) is 30.3 Å². The molecule has 0 aromatic heterocycles. The Morgan fingerprint density at radius 3 is 2.52 bits per heavy atom. The molecule has 1 saturated heterocycles. The van der Waals surface area contributed by atoms with E-state index in [0.29, 0.717) is 5.56 Å². The van der Waals surface area contributed by atoms with Crippen LogP contribution >= 0.6 is 0 Å². The fourth-order valence-corrected chi connectivity index (χ4v) is 4.68. The Hall–Kier alpha value is -3.17.